The Morgan fingerprint density at radius 1 is 0.931 bits per heavy atom. The third-order valence-corrected chi connectivity index (χ3v) is 8.16. The summed E-state index contributed by atoms with van der Waals surface area (Å²) in [5, 5.41) is 0.478. The molecule has 8 heteroatoms. The van der Waals surface area contributed by atoms with Crippen molar-refractivity contribution in [2.45, 2.75) is 29.6 Å². The molecule has 0 unspecified atom stereocenters. The van der Waals surface area contributed by atoms with Crippen molar-refractivity contribution in [3.63, 3.8) is 0 Å². The fourth-order valence-electron chi connectivity index (χ4n) is 4.12. The minimum atomic E-state index is -3.62. The summed E-state index contributed by atoms with van der Waals surface area (Å²) in [4.78, 5) is 15.2. The molecule has 1 aliphatic carbocycles. The third-order valence-electron chi connectivity index (χ3n) is 5.99. The van der Waals surface area contributed by atoms with Crippen LogP contribution in [0.15, 0.2) is 53.4 Å². The normalized spacial score (nSPS) is 19.6. The number of carbonyl (C=O) groups excluding carboxylic acids is 1. The highest BCUT2D eigenvalue weighted by Crippen LogP contribution is 2.45. The Balaban J connectivity index is 1.47. The van der Waals surface area contributed by atoms with E-state index in [4.69, 9.17) is 11.6 Å². The smallest absolute Gasteiger partial charge is 0.243 e. The van der Waals surface area contributed by atoms with Gasteiger partial charge in [-0.2, -0.15) is 4.31 Å². The summed E-state index contributed by atoms with van der Waals surface area (Å²) in [5.41, 5.74) is 0.233. The number of piperazine rings is 1. The fraction of sp³-hybridized carbons (Fsp3) is 0.381. The van der Waals surface area contributed by atoms with Gasteiger partial charge in [0.2, 0.25) is 15.9 Å². The van der Waals surface area contributed by atoms with E-state index in [-0.39, 0.29) is 29.7 Å². The second-order valence-corrected chi connectivity index (χ2v) is 9.97. The van der Waals surface area contributed by atoms with Crippen LogP contribution in [0, 0.1) is 5.82 Å². The van der Waals surface area contributed by atoms with E-state index in [0.29, 0.717) is 18.1 Å². The lowest BCUT2D eigenvalue weighted by Crippen LogP contribution is -2.57. The Kier molecular flexibility index (Phi) is 5.40. The number of sulfonamides is 1. The van der Waals surface area contributed by atoms with E-state index in [0.717, 1.165) is 24.8 Å². The molecule has 0 aromatic heterocycles. The van der Waals surface area contributed by atoms with Gasteiger partial charge < -0.3 is 4.90 Å². The summed E-state index contributed by atoms with van der Waals surface area (Å²) in [6.07, 6.45) is 2.43. The Morgan fingerprint density at radius 2 is 1.52 bits per heavy atom. The van der Waals surface area contributed by atoms with Crippen molar-refractivity contribution in [3.8, 4) is 0 Å². The molecule has 2 aromatic rings. The van der Waals surface area contributed by atoms with Gasteiger partial charge >= 0.3 is 0 Å². The lowest BCUT2D eigenvalue weighted by molar-refractivity contribution is -0.142. The molecule has 0 bridgehead atoms. The van der Waals surface area contributed by atoms with Crippen LogP contribution in [0.5, 0.6) is 0 Å². The molecular formula is C21H22ClFN2O3S. The van der Waals surface area contributed by atoms with Crippen molar-refractivity contribution < 1.29 is 17.6 Å². The second-order valence-electron chi connectivity index (χ2n) is 7.59. The molecule has 0 atom stereocenters. The maximum atomic E-state index is 13.3. The summed E-state index contributed by atoms with van der Waals surface area (Å²) in [5.74, 6) is -0.310. The lowest BCUT2D eigenvalue weighted by atomic mass is 9.63. The predicted molar refractivity (Wildman–Crippen MR) is 109 cm³/mol. The van der Waals surface area contributed by atoms with Gasteiger partial charge in [0, 0.05) is 31.2 Å². The number of carbonyl (C=O) groups is 1. The van der Waals surface area contributed by atoms with Crippen LogP contribution in [0.1, 0.15) is 24.8 Å². The molecule has 5 nitrogen and oxygen atoms in total. The van der Waals surface area contributed by atoms with Gasteiger partial charge in [0.25, 0.3) is 0 Å². The van der Waals surface area contributed by atoms with E-state index < -0.39 is 15.4 Å². The van der Waals surface area contributed by atoms with E-state index >= 15 is 0 Å². The summed E-state index contributed by atoms with van der Waals surface area (Å²) in [7, 11) is -3.62. The number of rotatable bonds is 4. The van der Waals surface area contributed by atoms with Crippen LogP contribution in [-0.4, -0.2) is 49.7 Å². The molecule has 4 rings (SSSR count). The zero-order valence-corrected chi connectivity index (χ0v) is 17.4. The SMILES string of the molecule is O=C(N1CCN(S(=O)(=O)c2ccc(Cl)cc2)CC1)C1(c2ccc(F)cc2)CCC1. The lowest BCUT2D eigenvalue weighted by Gasteiger charge is -2.45. The first-order valence-corrected chi connectivity index (χ1v) is 11.5. The number of hydrogen-bond donors (Lipinski definition) is 0. The third kappa shape index (κ3) is 3.67. The van der Waals surface area contributed by atoms with E-state index in [9.17, 15) is 17.6 Å². The summed E-state index contributed by atoms with van der Waals surface area (Å²) in [6, 6.07) is 12.2. The van der Waals surface area contributed by atoms with Gasteiger partial charge in [-0.05, 0) is 54.8 Å². The quantitative estimate of drug-likeness (QED) is 0.737. The molecule has 0 spiro atoms. The molecule has 0 N–H and O–H groups in total. The monoisotopic (exact) mass is 436 g/mol. The van der Waals surface area contributed by atoms with Crippen LogP contribution in [0.25, 0.3) is 0 Å². The fourth-order valence-corrected chi connectivity index (χ4v) is 5.66. The number of halogens is 2. The maximum Gasteiger partial charge on any atom is 0.243 e. The molecule has 1 aliphatic heterocycles. The average Bonchev–Trinajstić information content (AvgIpc) is 2.69. The van der Waals surface area contributed by atoms with E-state index in [2.05, 4.69) is 0 Å². The van der Waals surface area contributed by atoms with Crippen molar-refractivity contribution in [3.05, 3.63) is 64.9 Å². The Hall–Kier alpha value is -1.96. The van der Waals surface area contributed by atoms with Crippen LogP contribution in [0.3, 0.4) is 0 Å². The molecule has 0 radical (unpaired) electrons. The standard InChI is InChI=1S/C21H22ClFN2O3S/c22-17-4-8-19(9-5-17)29(27,28)25-14-12-24(13-15-25)20(26)21(10-1-11-21)16-2-6-18(23)7-3-16/h2-9H,1,10-15H2. The molecule has 154 valence electrons. The minimum Gasteiger partial charge on any atom is -0.339 e. The van der Waals surface area contributed by atoms with Gasteiger partial charge in [0.15, 0.2) is 0 Å². The van der Waals surface area contributed by atoms with E-state index in [1.165, 1.54) is 28.6 Å². The van der Waals surface area contributed by atoms with Gasteiger partial charge in [0.05, 0.1) is 10.3 Å². The van der Waals surface area contributed by atoms with Crippen molar-refractivity contribution >= 4 is 27.5 Å². The minimum absolute atomic E-state index is 0.0129. The number of hydrogen-bond acceptors (Lipinski definition) is 3. The molecular weight excluding hydrogens is 415 g/mol. The molecule has 2 aliphatic rings. The molecule has 2 aromatic carbocycles. The molecule has 29 heavy (non-hydrogen) atoms. The molecule has 1 saturated heterocycles. The van der Waals surface area contributed by atoms with Crippen molar-refractivity contribution in [2.75, 3.05) is 26.2 Å². The Morgan fingerprint density at radius 3 is 2.03 bits per heavy atom. The predicted octanol–water partition coefficient (Wildman–Crippen LogP) is 3.43. The summed E-state index contributed by atoms with van der Waals surface area (Å²) in [6.45, 7) is 1.18. The zero-order chi connectivity index (χ0) is 20.6. The first kappa shape index (κ1) is 20.3. The number of benzene rings is 2. The first-order valence-electron chi connectivity index (χ1n) is 9.64. The van der Waals surface area contributed by atoms with Crippen molar-refractivity contribution in [1.29, 1.82) is 0 Å². The second kappa shape index (κ2) is 7.70. The topological polar surface area (TPSA) is 57.7 Å². The van der Waals surface area contributed by atoms with Crippen LogP contribution in [0.4, 0.5) is 4.39 Å². The van der Waals surface area contributed by atoms with Gasteiger partial charge in [-0.25, -0.2) is 12.8 Å². The van der Waals surface area contributed by atoms with Gasteiger partial charge in [0.1, 0.15) is 5.82 Å². The largest absolute Gasteiger partial charge is 0.339 e. The van der Waals surface area contributed by atoms with Gasteiger partial charge in [-0.3, -0.25) is 4.79 Å². The highest BCUT2D eigenvalue weighted by Gasteiger charge is 2.48. The number of nitrogens with zero attached hydrogens (tertiary/aromatic N) is 2. The highest BCUT2D eigenvalue weighted by molar-refractivity contribution is 7.89. The first-order chi connectivity index (χ1) is 13.8. The van der Waals surface area contributed by atoms with E-state index in [1.807, 2.05) is 0 Å². The van der Waals surface area contributed by atoms with Crippen LogP contribution >= 0.6 is 11.6 Å². The Labute approximate surface area is 175 Å². The summed E-state index contributed by atoms with van der Waals surface area (Å²) >= 11 is 5.85. The van der Waals surface area contributed by atoms with Gasteiger partial charge in [-0.15, -0.1) is 0 Å². The van der Waals surface area contributed by atoms with Crippen molar-refractivity contribution in [1.82, 2.24) is 9.21 Å². The highest BCUT2D eigenvalue weighted by atomic mass is 35.5. The van der Waals surface area contributed by atoms with Crippen molar-refractivity contribution in [2.24, 2.45) is 0 Å². The van der Waals surface area contributed by atoms with Crippen LogP contribution in [-0.2, 0) is 20.2 Å². The summed E-state index contributed by atoms with van der Waals surface area (Å²) < 4.78 is 40.4. The Bertz CT molecular complexity index is 997. The van der Waals surface area contributed by atoms with Crippen LogP contribution < -0.4 is 0 Å². The molecule has 1 heterocycles. The van der Waals surface area contributed by atoms with Crippen LogP contribution in [0.2, 0.25) is 5.02 Å². The maximum absolute atomic E-state index is 13.3. The van der Waals surface area contributed by atoms with E-state index in [1.54, 1.807) is 29.2 Å². The average molecular weight is 437 g/mol. The molecule has 2 fully saturated rings. The van der Waals surface area contributed by atoms with Gasteiger partial charge in [-0.1, -0.05) is 30.2 Å². The molecule has 1 amide bonds. The number of amides is 1. The molecule has 1 saturated carbocycles. The zero-order valence-electron chi connectivity index (χ0n) is 15.9.